The van der Waals surface area contributed by atoms with Crippen molar-refractivity contribution in [3.05, 3.63) is 52.8 Å². The third kappa shape index (κ3) is 4.44. The molecule has 1 saturated heterocycles. The van der Waals surface area contributed by atoms with Crippen LogP contribution in [0.5, 0.6) is 0 Å². The largest absolute Gasteiger partial charge is 0.469 e. The van der Waals surface area contributed by atoms with Gasteiger partial charge in [-0.15, -0.1) is 5.10 Å². The summed E-state index contributed by atoms with van der Waals surface area (Å²) in [6, 6.07) is 9.98. The Labute approximate surface area is 193 Å². The molecule has 33 heavy (non-hydrogen) atoms. The Kier molecular flexibility index (Phi) is 6.40. The number of pyridine rings is 1. The van der Waals surface area contributed by atoms with Crippen LogP contribution >= 0.6 is 0 Å². The zero-order valence-electron chi connectivity index (χ0n) is 19.4. The molecule has 2 aromatic heterocycles. The maximum atomic E-state index is 11.9. The molecule has 0 saturated carbocycles. The van der Waals surface area contributed by atoms with Crippen molar-refractivity contribution >= 4 is 28.4 Å². The SMILES string of the molecule is COC(=O)C1CCN(c2cc3c(N[C@H](C)c4cccc(C#N)c4C)nnc(C)c3cn2)CC1. The van der Waals surface area contributed by atoms with E-state index in [1.165, 1.54) is 7.11 Å². The minimum Gasteiger partial charge on any atom is -0.469 e. The summed E-state index contributed by atoms with van der Waals surface area (Å²) in [5, 5.41) is 23.5. The predicted octanol–water partition coefficient (Wildman–Crippen LogP) is 4.08. The lowest BCUT2D eigenvalue weighted by atomic mass is 9.97. The molecule has 0 aliphatic carbocycles. The number of carbonyl (C=O) groups is 1. The van der Waals surface area contributed by atoms with Crippen LogP contribution in [0, 0.1) is 31.1 Å². The van der Waals surface area contributed by atoms with Gasteiger partial charge in [-0.25, -0.2) is 4.98 Å². The number of esters is 1. The second-order valence-electron chi connectivity index (χ2n) is 8.50. The Hall–Kier alpha value is -3.73. The number of nitrogens with one attached hydrogen (secondary N) is 1. The smallest absolute Gasteiger partial charge is 0.308 e. The first-order valence-corrected chi connectivity index (χ1v) is 11.1. The van der Waals surface area contributed by atoms with Gasteiger partial charge in [-0.05, 0) is 56.9 Å². The molecule has 0 amide bonds. The molecule has 170 valence electrons. The molecule has 1 N–H and O–H groups in total. The number of hydrogen-bond donors (Lipinski definition) is 1. The number of carbonyl (C=O) groups excluding carboxylic acids is 1. The molecule has 0 unspecified atom stereocenters. The van der Waals surface area contributed by atoms with E-state index in [0.29, 0.717) is 11.4 Å². The average Bonchev–Trinajstić information content (AvgIpc) is 2.85. The number of anilines is 2. The lowest BCUT2D eigenvalue weighted by molar-refractivity contribution is -0.146. The summed E-state index contributed by atoms with van der Waals surface area (Å²) in [6.07, 6.45) is 3.34. The summed E-state index contributed by atoms with van der Waals surface area (Å²) >= 11 is 0. The van der Waals surface area contributed by atoms with Gasteiger partial charge in [0.1, 0.15) is 5.82 Å². The van der Waals surface area contributed by atoms with Crippen molar-refractivity contribution in [3.8, 4) is 6.07 Å². The Morgan fingerprint density at radius 3 is 2.70 bits per heavy atom. The van der Waals surface area contributed by atoms with Gasteiger partial charge in [0, 0.05) is 30.1 Å². The highest BCUT2D eigenvalue weighted by molar-refractivity contribution is 5.94. The Bertz CT molecular complexity index is 1230. The van der Waals surface area contributed by atoms with Crippen LogP contribution in [0.3, 0.4) is 0 Å². The third-order valence-corrected chi connectivity index (χ3v) is 6.50. The van der Waals surface area contributed by atoms with Crippen LogP contribution in [-0.2, 0) is 9.53 Å². The molecule has 1 aliphatic heterocycles. The van der Waals surface area contributed by atoms with Gasteiger partial charge in [0.2, 0.25) is 0 Å². The molecular weight excluding hydrogens is 416 g/mol. The predicted molar refractivity (Wildman–Crippen MR) is 127 cm³/mol. The van der Waals surface area contributed by atoms with E-state index in [2.05, 4.69) is 38.4 Å². The number of fused-ring (bicyclic) bond motifs is 1. The highest BCUT2D eigenvalue weighted by Gasteiger charge is 2.26. The Morgan fingerprint density at radius 2 is 2.00 bits per heavy atom. The van der Waals surface area contributed by atoms with Gasteiger partial charge >= 0.3 is 5.97 Å². The second kappa shape index (κ2) is 9.41. The summed E-state index contributed by atoms with van der Waals surface area (Å²) in [5.41, 5.74) is 3.49. The molecule has 3 aromatic rings. The number of methoxy groups -OCH3 is 1. The van der Waals surface area contributed by atoms with E-state index >= 15 is 0 Å². The van der Waals surface area contributed by atoms with Gasteiger partial charge < -0.3 is 15.0 Å². The van der Waals surface area contributed by atoms with E-state index in [1.54, 1.807) is 0 Å². The lowest BCUT2D eigenvalue weighted by Gasteiger charge is -2.31. The van der Waals surface area contributed by atoms with Crippen molar-refractivity contribution in [1.29, 1.82) is 5.26 Å². The zero-order valence-corrected chi connectivity index (χ0v) is 19.4. The van der Waals surface area contributed by atoms with Gasteiger partial charge in [-0.3, -0.25) is 4.79 Å². The van der Waals surface area contributed by atoms with Gasteiger partial charge in [0.25, 0.3) is 0 Å². The van der Waals surface area contributed by atoms with Crippen LogP contribution in [0.25, 0.3) is 10.8 Å². The van der Waals surface area contributed by atoms with E-state index in [9.17, 15) is 10.1 Å². The molecule has 0 radical (unpaired) electrons. The van der Waals surface area contributed by atoms with Crippen LogP contribution in [-0.4, -0.2) is 41.3 Å². The first-order valence-electron chi connectivity index (χ1n) is 11.1. The highest BCUT2D eigenvalue weighted by atomic mass is 16.5. The van der Waals surface area contributed by atoms with Crippen LogP contribution in [0.15, 0.2) is 30.5 Å². The maximum Gasteiger partial charge on any atom is 0.308 e. The highest BCUT2D eigenvalue weighted by Crippen LogP contribution is 2.31. The third-order valence-electron chi connectivity index (χ3n) is 6.50. The number of benzene rings is 1. The topological polar surface area (TPSA) is 104 Å². The van der Waals surface area contributed by atoms with E-state index < -0.39 is 0 Å². The van der Waals surface area contributed by atoms with E-state index in [1.807, 2.05) is 44.3 Å². The van der Waals surface area contributed by atoms with Crippen LogP contribution in [0.1, 0.15) is 48.2 Å². The molecule has 3 heterocycles. The lowest BCUT2D eigenvalue weighted by Crippen LogP contribution is -2.37. The van der Waals surface area contributed by atoms with Gasteiger partial charge in [-0.1, -0.05) is 12.1 Å². The molecule has 1 aliphatic rings. The van der Waals surface area contributed by atoms with Gasteiger partial charge in [0.05, 0.1) is 36.4 Å². The van der Waals surface area contributed by atoms with Crippen molar-refractivity contribution in [2.75, 3.05) is 30.4 Å². The summed E-state index contributed by atoms with van der Waals surface area (Å²) in [4.78, 5) is 18.7. The van der Waals surface area contributed by atoms with E-state index in [4.69, 9.17) is 4.74 Å². The minimum atomic E-state index is -0.136. The van der Waals surface area contributed by atoms with Crippen molar-refractivity contribution < 1.29 is 9.53 Å². The first kappa shape index (κ1) is 22.5. The molecule has 8 heteroatoms. The molecule has 1 aromatic carbocycles. The standard InChI is InChI=1S/C25H28N6O2/c1-15-19(13-26)6-5-7-20(15)16(2)28-24-21-12-23(27-14-22(21)17(3)29-30-24)31-10-8-18(9-11-31)25(32)33-4/h5-7,12,14,16,18H,8-11H2,1-4H3,(H,28,30)/t16-/m1/s1. The molecule has 1 atom stereocenters. The van der Waals surface area contributed by atoms with Crippen molar-refractivity contribution in [1.82, 2.24) is 15.2 Å². The van der Waals surface area contributed by atoms with Crippen molar-refractivity contribution in [2.24, 2.45) is 5.92 Å². The second-order valence-corrected chi connectivity index (χ2v) is 8.50. The molecule has 8 nitrogen and oxygen atoms in total. The minimum absolute atomic E-state index is 0.0506. The summed E-state index contributed by atoms with van der Waals surface area (Å²) in [6.45, 7) is 7.43. The fourth-order valence-electron chi connectivity index (χ4n) is 4.48. The Morgan fingerprint density at radius 1 is 1.24 bits per heavy atom. The van der Waals surface area contributed by atoms with Crippen molar-refractivity contribution in [2.45, 2.75) is 39.7 Å². The van der Waals surface area contributed by atoms with Gasteiger partial charge in [-0.2, -0.15) is 10.4 Å². The normalized spacial score (nSPS) is 15.2. The summed E-state index contributed by atoms with van der Waals surface area (Å²) in [5.74, 6) is 1.35. The maximum absolute atomic E-state index is 11.9. The van der Waals surface area contributed by atoms with Crippen LogP contribution < -0.4 is 10.2 Å². The molecule has 0 bridgehead atoms. The molecule has 1 fully saturated rings. The van der Waals surface area contributed by atoms with E-state index in [0.717, 1.165) is 59.3 Å². The number of rotatable bonds is 5. The number of piperidine rings is 1. The zero-order chi connectivity index (χ0) is 23.5. The fraction of sp³-hybridized carbons (Fsp3) is 0.400. The quantitative estimate of drug-likeness (QED) is 0.587. The monoisotopic (exact) mass is 444 g/mol. The number of nitrogens with zero attached hydrogens (tertiary/aromatic N) is 5. The van der Waals surface area contributed by atoms with Crippen molar-refractivity contribution in [3.63, 3.8) is 0 Å². The van der Waals surface area contributed by atoms with Crippen LogP contribution in [0.4, 0.5) is 11.6 Å². The Balaban J connectivity index is 1.63. The molecule has 4 rings (SSSR count). The van der Waals surface area contributed by atoms with Crippen LogP contribution in [0.2, 0.25) is 0 Å². The number of aromatic nitrogens is 3. The molecular formula is C25H28N6O2. The summed E-state index contributed by atoms with van der Waals surface area (Å²) < 4.78 is 4.90. The van der Waals surface area contributed by atoms with E-state index in [-0.39, 0.29) is 17.9 Å². The number of ether oxygens (including phenoxy) is 1. The molecule has 0 spiro atoms. The number of hydrogen-bond acceptors (Lipinski definition) is 8. The first-order chi connectivity index (χ1) is 15.9. The number of nitriles is 1. The average molecular weight is 445 g/mol. The van der Waals surface area contributed by atoms with Gasteiger partial charge in [0.15, 0.2) is 5.82 Å². The summed E-state index contributed by atoms with van der Waals surface area (Å²) in [7, 11) is 1.44. The number of aryl methyl sites for hydroxylation is 1. The fourth-order valence-corrected chi connectivity index (χ4v) is 4.48.